The number of hydrogen-bond acceptors (Lipinski definition) is 3. The molecule has 0 saturated carbocycles. The number of fused-ring (bicyclic) bond motifs is 1. The standard InChI is InChI=1S/C18H16O3/c1-20-15-9-10-17-14(11-15)12-16(21-18(17)19)8-7-13-5-3-2-4-6-13/h2-11,16H,12H2,1H3/b8-7+/t16-/m0/s1. The molecule has 0 radical (unpaired) electrons. The second-order valence-corrected chi connectivity index (χ2v) is 4.94. The van der Waals surface area contributed by atoms with E-state index in [0.717, 1.165) is 16.9 Å². The Morgan fingerprint density at radius 2 is 2.00 bits per heavy atom. The average molecular weight is 280 g/mol. The molecule has 0 bridgehead atoms. The highest BCUT2D eigenvalue weighted by Crippen LogP contribution is 2.25. The van der Waals surface area contributed by atoms with Gasteiger partial charge in [0.2, 0.25) is 0 Å². The van der Waals surface area contributed by atoms with Gasteiger partial charge >= 0.3 is 5.97 Å². The zero-order valence-electron chi connectivity index (χ0n) is 11.8. The summed E-state index contributed by atoms with van der Waals surface area (Å²) in [4.78, 5) is 12.0. The molecule has 0 N–H and O–H groups in total. The quantitative estimate of drug-likeness (QED) is 0.807. The zero-order chi connectivity index (χ0) is 14.7. The number of hydrogen-bond donors (Lipinski definition) is 0. The number of carbonyl (C=O) groups excluding carboxylic acids is 1. The fourth-order valence-corrected chi connectivity index (χ4v) is 2.41. The summed E-state index contributed by atoms with van der Waals surface area (Å²) in [5.41, 5.74) is 2.68. The van der Waals surface area contributed by atoms with Crippen molar-refractivity contribution >= 4 is 12.0 Å². The van der Waals surface area contributed by atoms with E-state index in [1.807, 2.05) is 48.6 Å². The molecule has 0 spiro atoms. The number of rotatable bonds is 3. The zero-order valence-corrected chi connectivity index (χ0v) is 11.8. The average Bonchev–Trinajstić information content (AvgIpc) is 2.53. The molecular weight excluding hydrogens is 264 g/mol. The van der Waals surface area contributed by atoms with Crippen LogP contribution < -0.4 is 4.74 Å². The van der Waals surface area contributed by atoms with Crippen LogP contribution >= 0.6 is 0 Å². The number of ether oxygens (including phenoxy) is 2. The predicted molar refractivity (Wildman–Crippen MR) is 81.4 cm³/mol. The van der Waals surface area contributed by atoms with Crippen LogP contribution in [0.2, 0.25) is 0 Å². The second kappa shape index (κ2) is 5.83. The van der Waals surface area contributed by atoms with Crippen molar-refractivity contribution in [3.05, 3.63) is 71.3 Å². The van der Waals surface area contributed by atoms with E-state index in [1.54, 1.807) is 19.2 Å². The van der Waals surface area contributed by atoms with Crippen molar-refractivity contribution in [2.45, 2.75) is 12.5 Å². The predicted octanol–water partition coefficient (Wildman–Crippen LogP) is 3.49. The number of cyclic esters (lactones) is 1. The molecule has 0 unspecified atom stereocenters. The van der Waals surface area contributed by atoms with Crippen molar-refractivity contribution in [1.29, 1.82) is 0 Å². The van der Waals surface area contributed by atoms with Crippen LogP contribution in [0.5, 0.6) is 5.75 Å². The Balaban J connectivity index is 1.81. The van der Waals surface area contributed by atoms with Gasteiger partial charge in [0.05, 0.1) is 12.7 Å². The summed E-state index contributed by atoms with van der Waals surface area (Å²) in [7, 11) is 1.62. The van der Waals surface area contributed by atoms with Crippen molar-refractivity contribution < 1.29 is 14.3 Å². The molecule has 0 amide bonds. The van der Waals surface area contributed by atoms with E-state index in [9.17, 15) is 4.79 Å². The van der Waals surface area contributed by atoms with Crippen LogP contribution in [0.25, 0.3) is 6.08 Å². The first kappa shape index (κ1) is 13.4. The first-order chi connectivity index (χ1) is 10.3. The van der Waals surface area contributed by atoms with E-state index in [1.165, 1.54) is 0 Å². The fourth-order valence-electron chi connectivity index (χ4n) is 2.41. The van der Waals surface area contributed by atoms with Crippen molar-refractivity contribution in [2.24, 2.45) is 0 Å². The molecule has 0 aromatic heterocycles. The van der Waals surface area contributed by atoms with Crippen LogP contribution in [0.3, 0.4) is 0 Å². The van der Waals surface area contributed by atoms with Gasteiger partial charge in [0.15, 0.2) is 0 Å². The molecule has 1 atom stereocenters. The molecule has 1 aliphatic heterocycles. The molecule has 1 aliphatic rings. The molecule has 3 rings (SSSR count). The highest BCUT2D eigenvalue weighted by Gasteiger charge is 2.24. The Labute approximate surface area is 123 Å². The Morgan fingerprint density at radius 1 is 1.19 bits per heavy atom. The monoisotopic (exact) mass is 280 g/mol. The van der Waals surface area contributed by atoms with Crippen molar-refractivity contribution in [3.63, 3.8) is 0 Å². The van der Waals surface area contributed by atoms with E-state index in [0.29, 0.717) is 12.0 Å². The molecular formula is C18H16O3. The highest BCUT2D eigenvalue weighted by molar-refractivity contribution is 5.92. The maximum absolute atomic E-state index is 12.0. The van der Waals surface area contributed by atoms with Crippen LogP contribution in [-0.2, 0) is 11.2 Å². The van der Waals surface area contributed by atoms with Crippen LogP contribution in [0, 0.1) is 0 Å². The van der Waals surface area contributed by atoms with E-state index in [4.69, 9.17) is 9.47 Å². The largest absolute Gasteiger partial charge is 0.497 e. The number of methoxy groups -OCH3 is 1. The van der Waals surface area contributed by atoms with Crippen molar-refractivity contribution in [2.75, 3.05) is 7.11 Å². The summed E-state index contributed by atoms with van der Waals surface area (Å²) in [6.07, 6.45) is 4.33. The maximum atomic E-state index is 12.0. The minimum Gasteiger partial charge on any atom is -0.497 e. The van der Waals surface area contributed by atoms with Gasteiger partial charge in [0.25, 0.3) is 0 Å². The third-order valence-electron chi connectivity index (χ3n) is 3.51. The maximum Gasteiger partial charge on any atom is 0.339 e. The third-order valence-corrected chi connectivity index (χ3v) is 3.51. The van der Waals surface area contributed by atoms with Gasteiger partial charge in [0.1, 0.15) is 11.9 Å². The van der Waals surface area contributed by atoms with E-state index in [2.05, 4.69) is 0 Å². The van der Waals surface area contributed by atoms with Gasteiger partial charge in [-0.2, -0.15) is 0 Å². The van der Waals surface area contributed by atoms with Gasteiger partial charge in [0, 0.05) is 6.42 Å². The van der Waals surface area contributed by atoms with E-state index < -0.39 is 0 Å². The topological polar surface area (TPSA) is 35.5 Å². The molecule has 3 heteroatoms. The smallest absolute Gasteiger partial charge is 0.339 e. The Hall–Kier alpha value is -2.55. The third kappa shape index (κ3) is 2.97. The summed E-state index contributed by atoms with van der Waals surface area (Å²) in [6, 6.07) is 15.4. The van der Waals surface area contributed by atoms with Gasteiger partial charge in [-0.1, -0.05) is 36.4 Å². The Kier molecular flexibility index (Phi) is 3.73. The summed E-state index contributed by atoms with van der Waals surface area (Å²) >= 11 is 0. The Morgan fingerprint density at radius 3 is 2.76 bits per heavy atom. The SMILES string of the molecule is COc1ccc2c(c1)C[C@H](/C=C/c1ccccc1)OC2=O. The molecule has 1 heterocycles. The van der Waals surface area contributed by atoms with Crippen LogP contribution in [0.15, 0.2) is 54.6 Å². The molecule has 2 aromatic carbocycles. The van der Waals surface area contributed by atoms with Gasteiger partial charge in [-0.25, -0.2) is 4.79 Å². The lowest BCUT2D eigenvalue weighted by Crippen LogP contribution is -2.26. The summed E-state index contributed by atoms with van der Waals surface area (Å²) < 4.78 is 10.7. The number of esters is 1. The lowest BCUT2D eigenvalue weighted by molar-refractivity contribution is 0.0359. The fraction of sp³-hybridized carbons (Fsp3) is 0.167. The molecule has 0 saturated heterocycles. The molecule has 106 valence electrons. The van der Waals surface area contributed by atoms with E-state index >= 15 is 0 Å². The molecule has 0 aliphatic carbocycles. The van der Waals surface area contributed by atoms with Gasteiger partial charge < -0.3 is 9.47 Å². The molecule has 0 fully saturated rings. The first-order valence-corrected chi connectivity index (χ1v) is 6.87. The Bertz CT molecular complexity index is 674. The number of carbonyl (C=O) groups is 1. The van der Waals surface area contributed by atoms with Crippen LogP contribution in [0.4, 0.5) is 0 Å². The molecule has 3 nitrogen and oxygen atoms in total. The first-order valence-electron chi connectivity index (χ1n) is 6.87. The highest BCUT2D eigenvalue weighted by atomic mass is 16.5. The summed E-state index contributed by atoms with van der Waals surface area (Å²) in [5.74, 6) is 0.482. The summed E-state index contributed by atoms with van der Waals surface area (Å²) in [6.45, 7) is 0. The lowest BCUT2D eigenvalue weighted by Gasteiger charge is -2.22. The van der Waals surface area contributed by atoms with Crippen molar-refractivity contribution in [1.82, 2.24) is 0 Å². The molecule has 2 aromatic rings. The van der Waals surface area contributed by atoms with Gasteiger partial charge in [-0.15, -0.1) is 0 Å². The van der Waals surface area contributed by atoms with E-state index in [-0.39, 0.29) is 12.1 Å². The minimum absolute atomic E-state index is 0.239. The molecule has 21 heavy (non-hydrogen) atoms. The van der Waals surface area contributed by atoms with Crippen molar-refractivity contribution in [3.8, 4) is 5.75 Å². The van der Waals surface area contributed by atoms with Crippen LogP contribution in [0.1, 0.15) is 21.5 Å². The van der Waals surface area contributed by atoms with Crippen LogP contribution in [-0.4, -0.2) is 19.2 Å². The minimum atomic E-state index is -0.276. The number of benzene rings is 2. The normalized spacial score (nSPS) is 17.4. The lowest BCUT2D eigenvalue weighted by atomic mass is 9.97. The summed E-state index contributed by atoms with van der Waals surface area (Å²) in [5, 5.41) is 0. The van der Waals surface area contributed by atoms with Gasteiger partial charge in [-0.3, -0.25) is 0 Å². The van der Waals surface area contributed by atoms with Gasteiger partial charge in [-0.05, 0) is 35.4 Å². The second-order valence-electron chi connectivity index (χ2n) is 4.94.